The van der Waals surface area contributed by atoms with Crippen molar-refractivity contribution in [3.8, 4) is 11.1 Å². The molecule has 1 aromatic heterocycles. The van der Waals surface area contributed by atoms with E-state index in [1.165, 1.54) is 18.7 Å². The molecule has 216 valence electrons. The van der Waals surface area contributed by atoms with Gasteiger partial charge in [-0.3, -0.25) is 9.79 Å². The number of amides is 1. The van der Waals surface area contributed by atoms with E-state index < -0.39 is 0 Å². The number of allylic oxidation sites excluding steroid dienone is 3. The van der Waals surface area contributed by atoms with Crippen LogP contribution in [-0.2, 0) is 4.79 Å². The van der Waals surface area contributed by atoms with E-state index in [0.29, 0.717) is 23.5 Å². The van der Waals surface area contributed by atoms with E-state index in [9.17, 15) is 9.18 Å². The molecular weight excluding hydrogens is 525 g/mol. The van der Waals surface area contributed by atoms with Crippen LogP contribution in [-0.4, -0.2) is 23.1 Å². The molecule has 6 nitrogen and oxygen atoms in total. The summed E-state index contributed by atoms with van der Waals surface area (Å²) in [6.45, 7) is 4.39. The third-order valence-corrected chi connectivity index (χ3v) is 7.89. The SMILES string of the molecule is CCN=C(c1cc2c(-c3ccccc3F)cccc2[nH]1)c1cc(C(/C=C(\C)NC(=O)C2CCCCC2)=C/N)ccc1N. The number of fused-ring (bicyclic) bond motifs is 1. The highest BCUT2D eigenvalue weighted by atomic mass is 19.1. The van der Waals surface area contributed by atoms with Gasteiger partial charge >= 0.3 is 0 Å². The third-order valence-electron chi connectivity index (χ3n) is 7.89. The van der Waals surface area contributed by atoms with Crippen LogP contribution in [0.2, 0.25) is 0 Å². The van der Waals surface area contributed by atoms with Crippen LogP contribution in [0.4, 0.5) is 10.1 Å². The highest BCUT2D eigenvalue weighted by molar-refractivity contribution is 6.17. The molecule has 1 saturated carbocycles. The summed E-state index contributed by atoms with van der Waals surface area (Å²) in [4.78, 5) is 21.1. The average Bonchev–Trinajstić information content (AvgIpc) is 3.44. The number of hydrogen-bond acceptors (Lipinski definition) is 4. The van der Waals surface area contributed by atoms with Crippen molar-refractivity contribution >= 4 is 33.8 Å². The van der Waals surface area contributed by atoms with Crippen molar-refractivity contribution in [3.05, 3.63) is 107 Å². The molecule has 5 rings (SSSR count). The number of carbonyl (C=O) groups excluding carboxylic acids is 1. The Morgan fingerprint density at radius 2 is 1.81 bits per heavy atom. The van der Waals surface area contributed by atoms with Gasteiger partial charge in [-0.1, -0.05) is 55.7 Å². The molecule has 7 heteroatoms. The number of nitrogens with two attached hydrogens (primary N) is 2. The average molecular weight is 564 g/mol. The fourth-order valence-corrected chi connectivity index (χ4v) is 5.77. The lowest BCUT2D eigenvalue weighted by Gasteiger charge is -2.21. The molecule has 0 spiro atoms. The minimum Gasteiger partial charge on any atom is -0.404 e. The molecule has 0 aliphatic heterocycles. The maximum atomic E-state index is 14.7. The second kappa shape index (κ2) is 12.9. The van der Waals surface area contributed by atoms with Gasteiger partial charge < -0.3 is 21.8 Å². The van der Waals surface area contributed by atoms with Crippen molar-refractivity contribution in [1.82, 2.24) is 10.3 Å². The molecule has 1 aliphatic rings. The van der Waals surface area contributed by atoms with Crippen molar-refractivity contribution in [2.24, 2.45) is 16.6 Å². The summed E-state index contributed by atoms with van der Waals surface area (Å²) in [6.07, 6.45) is 8.70. The number of aliphatic imine (C=N–C) groups is 1. The number of halogens is 1. The summed E-state index contributed by atoms with van der Waals surface area (Å²) in [6, 6.07) is 20.3. The number of nitrogen functional groups attached to an aromatic ring is 1. The Morgan fingerprint density at radius 1 is 1.05 bits per heavy atom. The van der Waals surface area contributed by atoms with Gasteiger partial charge in [-0.05, 0) is 79.8 Å². The Morgan fingerprint density at radius 3 is 2.55 bits per heavy atom. The van der Waals surface area contributed by atoms with Crippen molar-refractivity contribution < 1.29 is 9.18 Å². The molecule has 1 heterocycles. The first-order valence-electron chi connectivity index (χ1n) is 14.6. The van der Waals surface area contributed by atoms with E-state index in [4.69, 9.17) is 16.5 Å². The maximum Gasteiger partial charge on any atom is 0.227 e. The molecule has 0 atom stereocenters. The standard InChI is InChI=1S/C35H38FN5O/c1-3-39-34(33-20-28-26(13-9-15-32(28)41-33)27-12-7-8-14-30(27)36)29-19-24(16-17-31(29)38)25(21-37)18-22(2)40-35(42)23-10-5-4-6-11-23/h7-9,12-21,23,41H,3-6,10-11,37-38H2,1-2H3,(H,40,42)/b22-18+,25-21+,39-34?. The highest BCUT2D eigenvalue weighted by Crippen LogP contribution is 2.33. The largest absolute Gasteiger partial charge is 0.404 e. The number of aromatic nitrogens is 1. The lowest BCUT2D eigenvalue weighted by atomic mass is 9.88. The van der Waals surface area contributed by atoms with Gasteiger partial charge in [0.1, 0.15) is 5.82 Å². The minimum absolute atomic E-state index is 0.0681. The first-order chi connectivity index (χ1) is 20.4. The van der Waals surface area contributed by atoms with Crippen LogP contribution in [0.3, 0.4) is 0 Å². The fraction of sp³-hybridized carbons (Fsp3) is 0.257. The predicted molar refractivity (Wildman–Crippen MR) is 171 cm³/mol. The maximum absolute atomic E-state index is 14.7. The molecular formula is C35H38FN5O. The number of nitrogens with zero attached hydrogens (tertiary/aromatic N) is 1. The third kappa shape index (κ3) is 6.15. The Hall–Kier alpha value is -4.65. The fourth-order valence-electron chi connectivity index (χ4n) is 5.77. The molecule has 1 fully saturated rings. The summed E-state index contributed by atoms with van der Waals surface area (Å²) in [7, 11) is 0. The number of carbonyl (C=O) groups is 1. The zero-order chi connectivity index (χ0) is 29.6. The number of rotatable bonds is 8. The van der Waals surface area contributed by atoms with Gasteiger partial charge in [0.05, 0.1) is 11.4 Å². The summed E-state index contributed by atoms with van der Waals surface area (Å²) < 4.78 is 14.7. The van der Waals surface area contributed by atoms with Crippen LogP contribution in [0.15, 0.2) is 89.7 Å². The lowest BCUT2D eigenvalue weighted by Crippen LogP contribution is -2.30. The van der Waals surface area contributed by atoms with Gasteiger partial charge in [0.15, 0.2) is 0 Å². The molecule has 42 heavy (non-hydrogen) atoms. The summed E-state index contributed by atoms with van der Waals surface area (Å²) in [5.74, 6) is -0.131. The van der Waals surface area contributed by atoms with E-state index in [-0.39, 0.29) is 17.6 Å². The summed E-state index contributed by atoms with van der Waals surface area (Å²) >= 11 is 0. The van der Waals surface area contributed by atoms with E-state index in [1.807, 2.05) is 68.5 Å². The van der Waals surface area contributed by atoms with Crippen LogP contribution in [0.1, 0.15) is 62.8 Å². The second-order valence-electron chi connectivity index (χ2n) is 10.8. The Labute approximate surface area is 246 Å². The number of anilines is 1. The van der Waals surface area contributed by atoms with Crippen molar-refractivity contribution in [2.75, 3.05) is 12.3 Å². The monoisotopic (exact) mass is 563 g/mol. The van der Waals surface area contributed by atoms with E-state index in [2.05, 4.69) is 10.3 Å². The first-order valence-corrected chi connectivity index (χ1v) is 14.6. The first kappa shape index (κ1) is 28.9. The van der Waals surface area contributed by atoms with Gasteiger partial charge in [0.25, 0.3) is 0 Å². The van der Waals surface area contributed by atoms with E-state index in [1.54, 1.807) is 12.1 Å². The van der Waals surface area contributed by atoms with Gasteiger partial charge in [0.2, 0.25) is 5.91 Å². The lowest BCUT2D eigenvalue weighted by molar-refractivity contribution is -0.125. The number of hydrogen-bond donors (Lipinski definition) is 4. The molecule has 0 unspecified atom stereocenters. The Kier molecular flexibility index (Phi) is 8.86. The quantitative estimate of drug-likeness (QED) is 0.102. The minimum atomic E-state index is -0.272. The zero-order valence-electron chi connectivity index (χ0n) is 24.2. The topological polar surface area (TPSA) is 109 Å². The molecule has 0 saturated heterocycles. The van der Waals surface area contributed by atoms with E-state index >= 15 is 0 Å². The van der Waals surface area contributed by atoms with Crippen LogP contribution in [0.5, 0.6) is 0 Å². The number of aromatic amines is 1. The molecule has 1 aliphatic carbocycles. The van der Waals surface area contributed by atoms with Crippen LogP contribution < -0.4 is 16.8 Å². The molecule has 6 N–H and O–H groups in total. The number of benzene rings is 3. The normalized spacial score (nSPS) is 15.3. The summed E-state index contributed by atoms with van der Waals surface area (Å²) in [5, 5.41) is 3.96. The summed E-state index contributed by atoms with van der Waals surface area (Å²) in [5.41, 5.74) is 20.0. The zero-order valence-corrected chi connectivity index (χ0v) is 24.2. The van der Waals surface area contributed by atoms with Crippen molar-refractivity contribution in [1.29, 1.82) is 0 Å². The Balaban J connectivity index is 1.49. The van der Waals surface area contributed by atoms with Crippen LogP contribution in [0.25, 0.3) is 27.6 Å². The van der Waals surface area contributed by atoms with Gasteiger partial charge in [-0.25, -0.2) is 4.39 Å². The number of nitrogens with one attached hydrogen (secondary N) is 2. The molecule has 0 radical (unpaired) electrons. The molecule has 3 aromatic carbocycles. The van der Waals surface area contributed by atoms with Crippen molar-refractivity contribution in [3.63, 3.8) is 0 Å². The van der Waals surface area contributed by atoms with Gasteiger partial charge in [0, 0.05) is 52.1 Å². The van der Waals surface area contributed by atoms with Gasteiger partial charge in [-0.15, -0.1) is 0 Å². The number of H-pyrrole nitrogens is 1. The predicted octanol–water partition coefficient (Wildman–Crippen LogP) is 7.31. The molecule has 0 bridgehead atoms. The molecule has 4 aromatic rings. The Bertz CT molecular complexity index is 1690. The van der Waals surface area contributed by atoms with Crippen molar-refractivity contribution in [2.45, 2.75) is 46.0 Å². The second-order valence-corrected chi connectivity index (χ2v) is 10.8. The van der Waals surface area contributed by atoms with Gasteiger partial charge in [-0.2, -0.15) is 0 Å². The highest BCUT2D eigenvalue weighted by Gasteiger charge is 2.21. The molecule has 1 amide bonds. The van der Waals surface area contributed by atoms with E-state index in [0.717, 1.165) is 70.2 Å². The van der Waals surface area contributed by atoms with Crippen LogP contribution >= 0.6 is 0 Å². The smallest absolute Gasteiger partial charge is 0.227 e. The van der Waals surface area contributed by atoms with Crippen LogP contribution in [0, 0.1) is 11.7 Å².